The lowest BCUT2D eigenvalue weighted by Crippen LogP contribution is -2.14. The predicted molar refractivity (Wildman–Crippen MR) is 422 cm³/mol. The van der Waals surface area contributed by atoms with E-state index in [1.54, 1.807) is 14.2 Å². The smallest absolute Gasteiger partial charge is 0.119 e. The first-order valence-electron chi connectivity index (χ1n) is 33.9. The van der Waals surface area contributed by atoms with Crippen LogP contribution in [0.3, 0.4) is 0 Å². The molecule has 0 saturated carbocycles. The van der Waals surface area contributed by atoms with Crippen LogP contribution in [-0.2, 0) is 0 Å². The van der Waals surface area contributed by atoms with Crippen LogP contribution >= 0.6 is 0 Å². The van der Waals surface area contributed by atoms with Crippen LogP contribution in [0, 0.1) is 0 Å². The Morgan fingerprint density at radius 1 is 0.119 bits per heavy atom. The molecule has 0 bridgehead atoms. The standard InChI is InChI=1S/C92H73N7O2/c1-100-91-66-62-89(63-67-91)98(75-34-20-8-21-35-75)87-58-54-85(55-59-87)96(73-30-16-6-17-31-73)83-50-46-81(47-51-83)94(71-26-12-4-13-27-71)79-42-38-77(39-43-79)93(70-24-10-3-11-25-70)78-40-44-80(45-41-78)95(72-28-14-5-15-29-72)82-48-52-84(53-49-82)97(74-32-18-7-19-33-74)86-56-60-88(61-57-86)99(76-36-22-9-23-37-76)90-64-68-92(101-2)69-65-90/h3-69H,1-2H3. The lowest BCUT2D eigenvalue weighted by atomic mass is 10.1. The molecule has 15 aromatic rings. The van der Waals surface area contributed by atoms with Gasteiger partial charge in [-0.15, -0.1) is 0 Å². The first-order valence-corrected chi connectivity index (χ1v) is 33.9. The van der Waals surface area contributed by atoms with Crippen molar-refractivity contribution in [3.63, 3.8) is 0 Å². The Labute approximate surface area is 592 Å². The second-order valence-corrected chi connectivity index (χ2v) is 24.2. The molecule has 15 aromatic carbocycles. The summed E-state index contributed by atoms with van der Waals surface area (Å²) in [7, 11) is 3.39. The Morgan fingerprint density at radius 3 is 0.307 bits per heavy atom. The zero-order valence-corrected chi connectivity index (χ0v) is 56.1. The first kappa shape index (κ1) is 63.5. The minimum absolute atomic E-state index is 0.814. The fourth-order valence-electron chi connectivity index (χ4n) is 13.1. The molecule has 101 heavy (non-hydrogen) atoms. The number of para-hydroxylation sites is 7. The Kier molecular flexibility index (Phi) is 18.8. The molecule has 488 valence electrons. The van der Waals surface area contributed by atoms with Gasteiger partial charge in [0.15, 0.2) is 0 Å². The highest BCUT2D eigenvalue weighted by atomic mass is 16.5. The van der Waals surface area contributed by atoms with Crippen molar-refractivity contribution in [1.29, 1.82) is 0 Å². The van der Waals surface area contributed by atoms with Crippen LogP contribution in [0.25, 0.3) is 0 Å². The molecule has 0 spiro atoms. The molecule has 0 heterocycles. The minimum atomic E-state index is 0.814. The summed E-state index contributed by atoms with van der Waals surface area (Å²) in [5.74, 6) is 1.63. The fraction of sp³-hybridized carbons (Fsp3) is 0.0217. The van der Waals surface area contributed by atoms with Crippen LogP contribution in [0.5, 0.6) is 11.5 Å². The van der Waals surface area contributed by atoms with E-state index in [-0.39, 0.29) is 0 Å². The molecule has 0 aliphatic rings. The molecular weight excluding hydrogens is 1240 g/mol. The van der Waals surface area contributed by atoms with Crippen molar-refractivity contribution in [1.82, 2.24) is 0 Å². The summed E-state index contributed by atoms with van der Waals surface area (Å²) in [6.07, 6.45) is 0. The number of methoxy groups -OCH3 is 2. The molecule has 0 atom stereocenters. The number of hydrogen-bond donors (Lipinski definition) is 0. The summed E-state index contributed by atoms with van der Waals surface area (Å²) in [4.78, 5) is 16.1. The molecule has 0 aromatic heterocycles. The zero-order chi connectivity index (χ0) is 68.1. The highest BCUT2D eigenvalue weighted by Crippen LogP contribution is 2.46. The van der Waals surface area contributed by atoms with Crippen molar-refractivity contribution >= 4 is 119 Å². The van der Waals surface area contributed by atoms with Crippen LogP contribution in [0.15, 0.2) is 406 Å². The lowest BCUT2D eigenvalue weighted by Gasteiger charge is -2.30. The molecule has 0 fully saturated rings. The van der Waals surface area contributed by atoms with Gasteiger partial charge in [0.2, 0.25) is 0 Å². The SMILES string of the molecule is COc1ccc(N(c2ccccc2)c2ccc(N(c3ccccc3)c3ccc(N(c4ccccc4)c4ccc(N(c5ccccc5)c5ccc(N(c6ccccc6)c6ccc(N(c7ccccc7)c7ccc(N(c8ccccc8)c8ccc(OC)cc8)cc7)cc6)cc5)cc4)cc3)cc2)cc1. The molecule has 15 rings (SSSR count). The van der Waals surface area contributed by atoms with Gasteiger partial charge in [0.1, 0.15) is 11.5 Å². The van der Waals surface area contributed by atoms with E-state index < -0.39 is 0 Å². The largest absolute Gasteiger partial charge is 0.497 e. The number of benzene rings is 15. The second-order valence-electron chi connectivity index (χ2n) is 24.2. The quantitative estimate of drug-likeness (QED) is 0.0623. The molecule has 0 unspecified atom stereocenters. The molecule has 9 heteroatoms. The van der Waals surface area contributed by atoms with Gasteiger partial charge in [-0.05, 0) is 279 Å². The minimum Gasteiger partial charge on any atom is -0.497 e. The van der Waals surface area contributed by atoms with Gasteiger partial charge in [-0.25, -0.2) is 0 Å². The van der Waals surface area contributed by atoms with E-state index in [0.29, 0.717) is 0 Å². The van der Waals surface area contributed by atoms with Crippen LogP contribution in [0.4, 0.5) is 119 Å². The molecule has 0 N–H and O–H groups in total. The number of hydrogen-bond acceptors (Lipinski definition) is 9. The zero-order valence-electron chi connectivity index (χ0n) is 56.1. The van der Waals surface area contributed by atoms with E-state index in [2.05, 4.69) is 404 Å². The van der Waals surface area contributed by atoms with Gasteiger partial charge in [-0.1, -0.05) is 127 Å². The average Bonchev–Trinajstić information content (AvgIpc) is 0.793. The number of nitrogens with zero attached hydrogens (tertiary/aromatic N) is 7. The lowest BCUT2D eigenvalue weighted by molar-refractivity contribution is 0.414. The van der Waals surface area contributed by atoms with Gasteiger partial charge in [-0.2, -0.15) is 0 Å². The van der Waals surface area contributed by atoms with Crippen molar-refractivity contribution in [3.8, 4) is 11.5 Å². The molecule has 0 radical (unpaired) electrons. The maximum Gasteiger partial charge on any atom is 0.119 e. The van der Waals surface area contributed by atoms with Crippen molar-refractivity contribution in [2.75, 3.05) is 48.5 Å². The van der Waals surface area contributed by atoms with Gasteiger partial charge in [-0.3, -0.25) is 0 Å². The monoisotopic (exact) mass is 1310 g/mol. The summed E-state index contributed by atoms with van der Waals surface area (Å²) in [6, 6.07) is 143. The van der Waals surface area contributed by atoms with E-state index in [9.17, 15) is 0 Å². The third-order valence-electron chi connectivity index (χ3n) is 18.0. The summed E-state index contributed by atoms with van der Waals surface area (Å²) in [5, 5.41) is 0. The van der Waals surface area contributed by atoms with Gasteiger partial charge in [0.05, 0.1) is 14.2 Å². The predicted octanol–water partition coefficient (Wildman–Crippen LogP) is 26.0. The maximum absolute atomic E-state index is 5.52. The van der Waals surface area contributed by atoms with Crippen molar-refractivity contribution in [2.45, 2.75) is 0 Å². The van der Waals surface area contributed by atoms with E-state index in [1.165, 1.54) is 0 Å². The second kappa shape index (κ2) is 29.9. The fourth-order valence-corrected chi connectivity index (χ4v) is 13.1. The van der Waals surface area contributed by atoms with E-state index in [1.807, 2.05) is 36.4 Å². The number of anilines is 21. The summed E-state index contributed by atoms with van der Waals surface area (Å²) >= 11 is 0. The topological polar surface area (TPSA) is 41.1 Å². The summed E-state index contributed by atoms with van der Waals surface area (Å²) in [5.41, 5.74) is 21.8. The van der Waals surface area contributed by atoms with Gasteiger partial charge >= 0.3 is 0 Å². The van der Waals surface area contributed by atoms with E-state index in [4.69, 9.17) is 9.47 Å². The number of rotatable bonds is 23. The first-order chi connectivity index (χ1) is 50.0. The van der Waals surface area contributed by atoms with Crippen molar-refractivity contribution < 1.29 is 9.47 Å². The van der Waals surface area contributed by atoms with E-state index in [0.717, 1.165) is 131 Å². The molecule has 0 aliphatic heterocycles. The summed E-state index contributed by atoms with van der Waals surface area (Å²) in [6.45, 7) is 0. The van der Waals surface area contributed by atoms with Crippen LogP contribution < -0.4 is 43.8 Å². The normalized spacial score (nSPS) is 10.9. The Hall–Kier alpha value is -13.5. The molecule has 0 amide bonds. The molecule has 9 nitrogen and oxygen atoms in total. The highest BCUT2D eigenvalue weighted by molar-refractivity contribution is 5.88. The molecule has 0 saturated heterocycles. The van der Waals surface area contributed by atoms with E-state index >= 15 is 0 Å². The molecule has 0 aliphatic carbocycles. The average molecular weight is 1310 g/mol. The third-order valence-corrected chi connectivity index (χ3v) is 18.0. The van der Waals surface area contributed by atoms with Crippen molar-refractivity contribution in [2.24, 2.45) is 0 Å². The molecular formula is C92H73N7O2. The van der Waals surface area contributed by atoms with Crippen LogP contribution in [0.2, 0.25) is 0 Å². The van der Waals surface area contributed by atoms with Crippen LogP contribution in [0.1, 0.15) is 0 Å². The maximum atomic E-state index is 5.52. The Bertz CT molecular complexity index is 4760. The Morgan fingerprint density at radius 2 is 0.208 bits per heavy atom. The van der Waals surface area contributed by atoms with Gasteiger partial charge in [0.25, 0.3) is 0 Å². The Balaban J connectivity index is 0.716. The van der Waals surface area contributed by atoms with Gasteiger partial charge in [0, 0.05) is 119 Å². The van der Waals surface area contributed by atoms with Crippen LogP contribution in [-0.4, -0.2) is 14.2 Å². The number of ether oxygens (including phenoxy) is 2. The third kappa shape index (κ3) is 13.9. The summed E-state index contributed by atoms with van der Waals surface area (Å²) < 4.78 is 11.0. The van der Waals surface area contributed by atoms with Gasteiger partial charge < -0.3 is 43.8 Å². The highest BCUT2D eigenvalue weighted by Gasteiger charge is 2.23. The van der Waals surface area contributed by atoms with Crippen molar-refractivity contribution in [3.05, 3.63) is 406 Å².